The van der Waals surface area contributed by atoms with E-state index in [4.69, 9.17) is 37.4 Å². The van der Waals surface area contributed by atoms with Gasteiger partial charge in [-0.25, -0.2) is 4.79 Å². The number of ether oxygens (including phenoxy) is 3. The minimum Gasteiger partial charge on any atom is -0.444 e. The van der Waals surface area contributed by atoms with Crippen LogP contribution in [0.2, 0.25) is 10.0 Å². The fourth-order valence-corrected chi connectivity index (χ4v) is 11.2. The molecule has 0 spiro atoms. The predicted octanol–water partition coefficient (Wildman–Crippen LogP) is 8.38. The van der Waals surface area contributed by atoms with Crippen molar-refractivity contribution in [1.29, 1.82) is 0 Å². The monoisotopic (exact) mass is 1260 g/mol. The molecule has 2 atom stereocenters. The zero-order valence-corrected chi connectivity index (χ0v) is 50.3. The maximum Gasteiger partial charge on any atom is 0.416 e. The first-order valence-electron chi connectivity index (χ1n) is 28.3. The summed E-state index contributed by atoms with van der Waals surface area (Å²) in [5, 5.41) is 17.1. The molecule has 30 heteroatoms. The third-order valence-corrected chi connectivity index (χ3v) is 15.5. The van der Waals surface area contributed by atoms with Crippen LogP contribution in [0.5, 0.6) is 0 Å². The number of fused-ring (bicyclic) bond motifs is 2. The highest BCUT2D eigenvalue weighted by molar-refractivity contribution is 6.34. The van der Waals surface area contributed by atoms with Crippen LogP contribution in [0.4, 0.5) is 53.9 Å². The van der Waals surface area contributed by atoms with Crippen molar-refractivity contribution in [3.05, 3.63) is 113 Å². The molecule has 22 nitrogen and oxygen atoms in total. The van der Waals surface area contributed by atoms with Gasteiger partial charge in [-0.2, -0.15) is 45.3 Å². The van der Waals surface area contributed by atoms with Crippen molar-refractivity contribution < 1.29 is 54.9 Å². The maximum absolute atomic E-state index is 14.2. The molecule has 87 heavy (non-hydrogen) atoms. The normalized spacial score (nSPS) is 17.9. The van der Waals surface area contributed by atoms with Gasteiger partial charge in [-0.3, -0.25) is 19.2 Å². The molecular weight excluding hydrogens is 1190 g/mol. The van der Waals surface area contributed by atoms with Gasteiger partial charge < -0.3 is 54.0 Å². The van der Waals surface area contributed by atoms with E-state index in [0.717, 1.165) is 47.5 Å². The number of hydrogen-bond donors (Lipinski definition) is 3. The van der Waals surface area contributed by atoms with Crippen molar-refractivity contribution in [2.75, 3.05) is 86.1 Å². The van der Waals surface area contributed by atoms with E-state index in [1.54, 1.807) is 34.8 Å². The molecule has 0 bridgehead atoms. The van der Waals surface area contributed by atoms with E-state index in [2.05, 4.69) is 36.1 Å². The van der Waals surface area contributed by atoms with Gasteiger partial charge in [-0.05, 0) is 108 Å². The van der Waals surface area contributed by atoms with Crippen LogP contribution in [0.15, 0.2) is 58.1 Å². The van der Waals surface area contributed by atoms with Crippen LogP contribution in [0.3, 0.4) is 0 Å². The second kappa shape index (κ2) is 26.0. The molecule has 4 aliphatic heterocycles. The molecule has 0 saturated carbocycles. The number of anilines is 4. The molecule has 10 rings (SSSR count). The quantitative estimate of drug-likeness (QED) is 0.0978. The molecule has 0 aliphatic carbocycles. The van der Waals surface area contributed by atoms with Crippen LogP contribution in [-0.2, 0) is 62.1 Å². The second-order valence-corrected chi connectivity index (χ2v) is 23.0. The van der Waals surface area contributed by atoms with Crippen molar-refractivity contribution >= 4 is 86.6 Å². The molecular formula is C57H66Cl2F6N14O8. The number of alkyl halides is 6. The lowest BCUT2D eigenvalue weighted by molar-refractivity contribution is -0.138. The topological polar surface area (TPSA) is 229 Å². The Morgan fingerprint density at radius 2 is 1.15 bits per heavy atom. The smallest absolute Gasteiger partial charge is 0.416 e. The minimum absolute atomic E-state index is 0.00130. The van der Waals surface area contributed by atoms with Gasteiger partial charge in [0, 0.05) is 51.4 Å². The molecule has 2 saturated heterocycles. The molecule has 3 N–H and O–H groups in total. The SMILES string of the molecule is CCc1c(N2CCN(C(=O)OC(C)(C)C)C[C@H]2C)c(=O)n2nc(C3=CCOCC3)nc2n1CC(=O)Nc1ccc(C(F)(F)F)cc1Cl.CCc1c(N2CCNC[C@H]2C)c(=O)n2nc(C3=CCOCC3)nc2n1CC(=O)Nc1ccc(C(F)(F)F)cc1Cl. The summed E-state index contributed by atoms with van der Waals surface area (Å²) in [6, 6.07) is 5.11. The van der Waals surface area contributed by atoms with E-state index in [1.165, 1.54) is 9.03 Å². The van der Waals surface area contributed by atoms with E-state index in [1.807, 2.05) is 49.6 Å². The Kier molecular flexibility index (Phi) is 19.1. The van der Waals surface area contributed by atoms with Crippen LogP contribution in [0.1, 0.15) is 95.5 Å². The number of aromatic nitrogens is 8. The van der Waals surface area contributed by atoms with Gasteiger partial charge in [-0.15, -0.1) is 10.2 Å². The first kappa shape index (κ1) is 64.0. The standard InChI is InChI=1S/C31H37ClF3N7O5.C26H29ClF3N7O3/c1-6-23-25(40-12-11-39(16-18(40)2)29(45)47-30(3,4)5)27(44)42-28(37-26(38-42)19-9-13-46-14-10-19)41(23)17-24(43)36-22-8-7-20(15-21(22)32)31(33,34)35;1-3-20-22(35-9-8-31-13-15(35)2)24(39)37-25(33-23(34-37)16-6-10-40-11-7-16)36(20)14-21(38)32-19-5-4-17(12-18(19)27)26(28,29)30/h7-9,15,18H,6,10-14,16-17H2,1-5H3,(H,36,43);4-6,12,15,31H,3,7-11,13-14H2,1-2H3,(H,32,38)/t18-;15-/m11/s1. The lowest BCUT2D eigenvalue weighted by Crippen LogP contribution is -2.56. The molecule has 8 heterocycles. The summed E-state index contributed by atoms with van der Waals surface area (Å²) in [5.74, 6) is -0.108. The van der Waals surface area contributed by atoms with Crippen LogP contribution in [0, 0.1) is 0 Å². The lowest BCUT2D eigenvalue weighted by atomic mass is 10.1. The van der Waals surface area contributed by atoms with Crippen molar-refractivity contribution in [1.82, 2.24) is 48.5 Å². The number of benzene rings is 2. The summed E-state index contributed by atoms with van der Waals surface area (Å²) in [6.45, 7) is 17.0. The number of hydrogen-bond acceptors (Lipinski definition) is 15. The number of rotatable bonds is 12. The van der Waals surface area contributed by atoms with Crippen LogP contribution >= 0.6 is 23.2 Å². The van der Waals surface area contributed by atoms with E-state index < -0.39 is 52.5 Å². The Labute approximate surface area is 505 Å². The molecule has 0 unspecified atom stereocenters. The van der Waals surface area contributed by atoms with Crippen LogP contribution in [-0.4, -0.2) is 145 Å². The molecule has 2 aromatic carbocycles. The fourth-order valence-electron chi connectivity index (χ4n) is 10.7. The first-order chi connectivity index (χ1) is 41.1. The lowest BCUT2D eigenvalue weighted by Gasteiger charge is -2.41. The molecule has 468 valence electrons. The summed E-state index contributed by atoms with van der Waals surface area (Å²) in [4.78, 5) is 82.4. The fraction of sp³-hybridized carbons (Fsp3) is 0.491. The molecule has 0 radical (unpaired) electrons. The Morgan fingerprint density at radius 1 is 0.690 bits per heavy atom. The number of halogens is 8. The molecule has 3 amide bonds. The summed E-state index contributed by atoms with van der Waals surface area (Å²) in [6.07, 6.45) is -4.03. The van der Waals surface area contributed by atoms with Crippen LogP contribution in [0.25, 0.3) is 22.7 Å². The molecule has 2 fully saturated rings. The van der Waals surface area contributed by atoms with Gasteiger partial charge in [0.15, 0.2) is 11.6 Å². The van der Waals surface area contributed by atoms with Gasteiger partial charge in [0.25, 0.3) is 11.1 Å². The summed E-state index contributed by atoms with van der Waals surface area (Å²) >= 11 is 12.2. The minimum atomic E-state index is -4.60. The number of nitrogens with one attached hydrogen (secondary N) is 3. The Morgan fingerprint density at radius 3 is 1.53 bits per heavy atom. The third kappa shape index (κ3) is 14.2. The average Bonchev–Trinajstić information content (AvgIpc) is 1.74. The van der Waals surface area contributed by atoms with Crippen molar-refractivity contribution in [2.24, 2.45) is 0 Å². The van der Waals surface area contributed by atoms with Gasteiger partial charge in [-0.1, -0.05) is 49.2 Å². The van der Waals surface area contributed by atoms with E-state index in [0.29, 0.717) is 119 Å². The van der Waals surface area contributed by atoms with Gasteiger partial charge >= 0.3 is 18.4 Å². The Balaban J connectivity index is 0.000000210. The van der Waals surface area contributed by atoms with Crippen LogP contribution < -0.4 is 36.9 Å². The Hall–Kier alpha value is -7.53. The number of carbonyl (C=O) groups is 3. The van der Waals surface area contributed by atoms with Crippen molar-refractivity contribution in [3.8, 4) is 0 Å². The van der Waals surface area contributed by atoms with Gasteiger partial charge in [0.05, 0.1) is 70.4 Å². The van der Waals surface area contributed by atoms with E-state index >= 15 is 0 Å². The van der Waals surface area contributed by atoms with Gasteiger partial charge in [0.2, 0.25) is 23.4 Å². The zero-order chi connectivity index (χ0) is 62.9. The zero-order valence-electron chi connectivity index (χ0n) is 48.8. The summed E-state index contributed by atoms with van der Waals surface area (Å²) in [5.41, 5.74) is 0.284. The average molecular weight is 1260 g/mol. The van der Waals surface area contributed by atoms with E-state index in [-0.39, 0.29) is 70.3 Å². The summed E-state index contributed by atoms with van der Waals surface area (Å²) < 4.78 is 101. The number of amides is 3. The summed E-state index contributed by atoms with van der Waals surface area (Å²) in [7, 11) is 0. The van der Waals surface area contributed by atoms with Crippen molar-refractivity contribution in [3.63, 3.8) is 0 Å². The Bertz CT molecular complexity index is 3800. The van der Waals surface area contributed by atoms with E-state index in [9.17, 15) is 50.3 Å². The predicted molar refractivity (Wildman–Crippen MR) is 315 cm³/mol. The molecule has 6 aromatic rings. The van der Waals surface area contributed by atoms with Gasteiger partial charge in [0.1, 0.15) is 30.1 Å². The highest BCUT2D eigenvalue weighted by Gasteiger charge is 2.36. The maximum atomic E-state index is 14.2. The number of carbonyl (C=O) groups excluding carboxylic acids is 3. The number of piperazine rings is 2. The highest BCUT2D eigenvalue weighted by atomic mass is 35.5. The van der Waals surface area contributed by atoms with Crippen molar-refractivity contribution in [2.45, 2.75) is 117 Å². The largest absolute Gasteiger partial charge is 0.444 e. The third-order valence-electron chi connectivity index (χ3n) is 14.9. The first-order valence-corrected chi connectivity index (χ1v) is 29.1. The molecule has 4 aliphatic rings. The highest BCUT2D eigenvalue weighted by Crippen LogP contribution is 2.36. The number of nitrogens with zero attached hydrogens (tertiary/aromatic N) is 11. The molecule has 4 aromatic heterocycles. The second-order valence-electron chi connectivity index (χ2n) is 22.2.